The Kier molecular flexibility index (Phi) is 7.11. The van der Waals surface area contributed by atoms with E-state index < -0.39 is 0 Å². The number of likely N-dealkylation sites (N-methyl/N-ethyl adjacent to an activating group) is 1. The normalized spacial score (nSPS) is 14.9. The molecule has 1 rings (SSSR count). The lowest BCUT2D eigenvalue weighted by molar-refractivity contribution is 0.239. The van der Waals surface area contributed by atoms with Gasteiger partial charge in [0.05, 0.1) is 0 Å². The Morgan fingerprint density at radius 3 is 2.21 bits per heavy atom. The fourth-order valence-electron chi connectivity index (χ4n) is 2.48. The van der Waals surface area contributed by atoms with E-state index >= 15 is 0 Å². The van der Waals surface area contributed by atoms with Crippen molar-refractivity contribution in [3.05, 3.63) is 35.9 Å². The summed E-state index contributed by atoms with van der Waals surface area (Å²) in [5.74, 6) is 0.742. The molecule has 0 fully saturated rings. The monoisotopic (exact) mass is 262 g/mol. The number of hydrogen-bond acceptors (Lipinski definition) is 2. The SMILES string of the molecule is CCC(NCC(CC(C)C)N(C)C)c1ccccc1. The van der Waals surface area contributed by atoms with Gasteiger partial charge >= 0.3 is 0 Å². The third kappa shape index (κ3) is 5.75. The van der Waals surface area contributed by atoms with Crippen molar-refractivity contribution in [2.75, 3.05) is 20.6 Å². The van der Waals surface area contributed by atoms with Crippen LogP contribution in [0.25, 0.3) is 0 Å². The molecule has 0 aliphatic rings. The van der Waals surface area contributed by atoms with Crippen LogP contribution in [0.4, 0.5) is 0 Å². The zero-order chi connectivity index (χ0) is 14.3. The zero-order valence-electron chi connectivity index (χ0n) is 13.2. The summed E-state index contributed by atoms with van der Waals surface area (Å²) in [5.41, 5.74) is 1.40. The number of rotatable bonds is 8. The van der Waals surface area contributed by atoms with E-state index in [-0.39, 0.29) is 0 Å². The first-order valence-corrected chi connectivity index (χ1v) is 7.49. The summed E-state index contributed by atoms with van der Waals surface area (Å²) in [6.07, 6.45) is 2.37. The minimum absolute atomic E-state index is 0.468. The minimum atomic E-state index is 0.468. The maximum absolute atomic E-state index is 3.73. The molecule has 2 nitrogen and oxygen atoms in total. The summed E-state index contributed by atoms with van der Waals surface area (Å²) in [4.78, 5) is 2.34. The molecule has 19 heavy (non-hydrogen) atoms. The van der Waals surface area contributed by atoms with Gasteiger partial charge in [0.2, 0.25) is 0 Å². The van der Waals surface area contributed by atoms with Crippen LogP contribution in [0.1, 0.15) is 45.2 Å². The second-order valence-electron chi connectivity index (χ2n) is 6.03. The summed E-state index contributed by atoms with van der Waals surface area (Å²) in [7, 11) is 4.36. The van der Waals surface area contributed by atoms with E-state index in [1.165, 1.54) is 12.0 Å². The van der Waals surface area contributed by atoms with Crippen LogP contribution in [0.3, 0.4) is 0 Å². The van der Waals surface area contributed by atoms with Crippen LogP contribution in [0.2, 0.25) is 0 Å². The fraction of sp³-hybridized carbons (Fsp3) is 0.647. The van der Waals surface area contributed by atoms with Gasteiger partial charge in [0.25, 0.3) is 0 Å². The largest absolute Gasteiger partial charge is 0.308 e. The standard InChI is InChI=1S/C17H30N2/c1-6-17(15-10-8-7-9-11-15)18-13-16(19(4)5)12-14(2)3/h7-11,14,16-18H,6,12-13H2,1-5H3. The lowest BCUT2D eigenvalue weighted by Crippen LogP contribution is -2.40. The number of nitrogens with one attached hydrogen (secondary N) is 1. The van der Waals surface area contributed by atoms with Gasteiger partial charge in [-0.3, -0.25) is 0 Å². The molecule has 0 spiro atoms. The van der Waals surface area contributed by atoms with Gasteiger partial charge in [-0.15, -0.1) is 0 Å². The van der Waals surface area contributed by atoms with E-state index in [2.05, 4.69) is 75.4 Å². The number of hydrogen-bond donors (Lipinski definition) is 1. The highest BCUT2D eigenvalue weighted by Crippen LogP contribution is 2.17. The van der Waals surface area contributed by atoms with Gasteiger partial charge in [-0.05, 0) is 38.4 Å². The van der Waals surface area contributed by atoms with Crippen molar-refractivity contribution >= 4 is 0 Å². The molecule has 0 radical (unpaired) electrons. The van der Waals surface area contributed by atoms with E-state index in [4.69, 9.17) is 0 Å². The van der Waals surface area contributed by atoms with Gasteiger partial charge in [-0.25, -0.2) is 0 Å². The van der Waals surface area contributed by atoms with E-state index in [1.807, 2.05) is 0 Å². The highest BCUT2D eigenvalue weighted by atomic mass is 15.1. The Hall–Kier alpha value is -0.860. The molecule has 2 unspecified atom stereocenters. The molecule has 0 heterocycles. The molecule has 1 N–H and O–H groups in total. The van der Waals surface area contributed by atoms with Crippen LogP contribution in [0.5, 0.6) is 0 Å². The predicted octanol–water partition coefficient (Wildman–Crippen LogP) is 3.70. The average molecular weight is 262 g/mol. The molecule has 0 aliphatic carbocycles. The van der Waals surface area contributed by atoms with Crippen LogP contribution in [-0.2, 0) is 0 Å². The first-order valence-electron chi connectivity index (χ1n) is 7.49. The van der Waals surface area contributed by atoms with Crippen LogP contribution in [-0.4, -0.2) is 31.6 Å². The quantitative estimate of drug-likeness (QED) is 0.768. The molecule has 0 aliphatic heterocycles. The Balaban J connectivity index is 2.56. The third-order valence-corrected chi connectivity index (χ3v) is 3.68. The Morgan fingerprint density at radius 1 is 1.11 bits per heavy atom. The minimum Gasteiger partial charge on any atom is -0.308 e. The van der Waals surface area contributed by atoms with Crippen LogP contribution >= 0.6 is 0 Å². The third-order valence-electron chi connectivity index (χ3n) is 3.68. The molecule has 1 aromatic carbocycles. The Morgan fingerprint density at radius 2 is 1.74 bits per heavy atom. The summed E-state index contributed by atoms with van der Waals surface area (Å²) >= 11 is 0. The molecule has 108 valence electrons. The predicted molar refractivity (Wildman–Crippen MR) is 84.4 cm³/mol. The maximum atomic E-state index is 3.73. The fourth-order valence-corrected chi connectivity index (χ4v) is 2.48. The van der Waals surface area contributed by atoms with Crippen molar-refractivity contribution in [2.45, 2.75) is 45.7 Å². The number of benzene rings is 1. The van der Waals surface area contributed by atoms with Crippen molar-refractivity contribution in [1.82, 2.24) is 10.2 Å². The molecule has 0 amide bonds. The van der Waals surface area contributed by atoms with Gasteiger partial charge in [0, 0.05) is 18.6 Å². The van der Waals surface area contributed by atoms with E-state index in [0.717, 1.165) is 18.9 Å². The van der Waals surface area contributed by atoms with Crippen LogP contribution in [0, 0.1) is 5.92 Å². The zero-order valence-corrected chi connectivity index (χ0v) is 13.2. The molecule has 0 saturated heterocycles. The lowest BCUT2D eigenvalue weighted by Gasteiger charge is -2.28. The van der Waals surface area contributed by atoms with Crippen molar-refractivity contribution in [3.8, 4) is 0 Å². The van der Waals surface area contributed by atoms with Crippen molar-refractivity contribution in [1.29, 1.82) is 0 Å². The summed E-state index contributed by atoms with van der Waals surface area (Å²) in [6, 6.07) is 11.8. The summed E-state index contributed by atoms with van der Waals surface area (Å²) in [6.45, 7) is 7.90. The second-order valence-corrected chi connectivity index (χ2v) is 6.03. The van der Waals surface area contributed by atoms with Gasteiger partial charge in [-0.2, -0.15) is 0 Å². The molecular formula is C17H30N2. The van der Waals surface area contributed by atoms with Crippen molar-refractivity contribution in [3.63, 3.8) is 0 Å². The summed E-state index contributed by atoms with van der Waals surface area (Å²) < 4.78 is 0. The van der Waals surface area contributed by atoms with Crippen LogP contribution < -0.4 is 5.32 Å². The first-order chi connectivity index (χ1) is 9.04. The highest BCUT2D eigenvalue weighted by molar-refractivity contribution is 5.18. The van der Waals surface area contributed by atoms with E-state index in [1.54, 1.807) is 0 Å². The highest BCUT2D eigenvalue weighted by Gasteiger charge is 2.15. The number of nitrogens with zero attached hydrogens (tertiary/aromatic N) is 1. The molecule has 0 bridgehead atoms. The van der Waals surface area contributed by atoms with Crippen molar-refractivity contribution in [2.24, 2.45) is 5.92 Å². The van der Waals surface area contributed by atoms with E-state index in [0.29, 0.717) is 12.1 Å². The average Bonchev–Trinajstić information content (AvgIpc) is 2.38. The lowest BCUT2D eigenvalue weighted by atomic mass is 10.0. The summed E-state index contributed by atoms with van der Waals surface area (Å²) in [5, 5.41) is 3.73. The van der Waals surface area contributed by atoms with Crippen molar-refractivity contribution < 1.29 is 0 Å². The van der Waals surface area contributed by atoms with Gasteiger partial charge in [0.15, 0.2) is 0 Å². The van der Waals surface area contributed by atoms with Crippen LogP contribution in [0.15, 0.2) is 30.3 Å². The maximum Gasteiger partial charge on any atom is 0.0318 e. The van der Waals surface area contributed by atoms with E-state index in [9.17, 15) is 0 Å². The van der Waals surface area contributed by atoms with Gasteiger partial charge in [-0.1, -0.05) is 51.1 Å². The first kappa shape index (κ1) is 16.2. The topological polar surface area (TPSA) is 15.3 Å². The molecule has 0 saturated carbocycles. The Bertz CT molecular complexity index is 332. The molecule has 1 aromatic rings. The molecule has 2 heteroatoms. The Labute approximate surface area is 119 Å². The molecular weight excluding hydrogens is 232 g/mol. The van der Waals surface area contributed by atoms with Gasteiger partial charge < -0.3 is 10.2 Å². The second kappa shape index (κ2) is 8.34. The molecule has 2 atom stereocenters. The molecule has 0 aromatic heterocycles. The van der Waals surface area contributed by atoms with Gasteiger partial charge in [0.1, 0.15) is 0 Å². The smallest absolute Gasteiger partial charge is 0.0318 e.